The van der Waals surface area contributed by atoms with Crippen molar-refractivity contribution in [3.63, 3.8) is 0 Å². The molecule has 0 aromatic carbocycles. The van der Waals surface area contributed by atoms with Crippen molar-refractivity contribution >= 4 is 0 Å². The highest BCUT2D eigenvalue weighted by Gasteiger charge is 2.27. The van der Waals surface area contributed by atoms with E-state index in [-0.39, 0.29) is 0 Å². The van der Waals surface area contributed by atoms with Gasteiger partial charge in [0.05, 0.1) is 12.2 Å². The van der Waals surface area contributed by atoms with Crippen molar-refractivity contribution in [3.05, 3.63) is 0 Å². The lowest BCUT2D eigenvalue weighted by molar-refractivity contribution is -0.0365. The molecule has 19 heavy (non-hydrogen) atoms. The predicted octanol–water partition coefficient (Wildman–Crippen LogP) is 3.38. The van der Waals surface area contributed by atoms with E-state index in [1.54, 1.807) is 0 Å². The van der Waals surface area contributed by atoms with E-state index in [0.29, 0.717) is 17.6 Å². The van der Waals surface area contributed by atoms with Crippen LogP contribution in [-0.4, -0.2) is 38.5 Å². The van der Waals surface area contributed by atoms with Gasteiger partial charge in [-0.05, 0) is 57.9 Å². The zero-order valence-corrected chi connectivity index (χ0v) is 13.3. The minimum atomic E-state index is 0.318. The zero-order chi connectivity index (χ0) is 14.1. The Morgan fingerprint density at radius 2 is 1.95 bits per heavy atom. The number of hydrogen-bond acceptors (Lipinski definition) is 3. The summed E-state index contributed by atoms with van der Waals surface area (Å²) in [5.74, 6) is 0. The quantitative estimate of drug-likeness (QED) is 0.652. The Hall–Kier alpha value is -0.120. The summed E-state index contributed by atoms with van der Waals surface area (Å²) in [4.78, 5) is 0. The second-order valence-electron chi connectivity index (χ2n) is 6.56. The van der Waals surface area contributed by atoms with Crippen molar-refractivity contribution in [3.8, 4) is 0 Å². The first kappa shape index (κ1) is 16.9. The van der Waals surface area contributed by atoms with E-state index in [2.05, 4.69) is 26.1 Å². The van der Waals surface area contributed by atoms with Gasteiger partial charge in [0.1, 0.15) is 0 Å². The molecule has 0 amide bonds. The average molecular weight is 271 g/mol. The van der Waals surface area contributed by atoms with Crippen molar-refractivity contribution in [2.75, 3.05) is 26.3 Å². The van der Waals surface area contributed by atoms with Gasteiger partial charge >= 0.3 is 0 Å². The molecule has 1 N–H and O–H groups in total. The Morgan fingerprint density at radius 3 is 2.58 bits per heavy atom. The Balaban J connectivity index is 2.00. The van der Waals surface area contributed by atoms with Crippen LogP contribution >= 0.6 is 0 Å². The van der Waals surface area contributed by atoms with Crippen LogP contribution in [-0.2, 0) is 9.47 Å². The van der Waals surface area contributed by atoms with Crippen LogP contribution in [0.25, 0.3) is 0 Å². The normalized spacial score (nSPS) is 21.5. The van der Waals surface area contributed by atoms with Crippen molar-refractivity contribution < 1.29 is 9.47 Å². The monoisotopic (exact) mass is 271 g/mol. The van der Waals surface area contributed by atoms with E-state index in [4.69, 9.17) is 9.47 Å². The maximum atomic E-state index is 6.12. The van der Waals surface area contributed by atoms with Gasteiger partial charge in [-0.25, -0.2) is 0 Å². The third-order valence-corrected chi connectivity index (χ3v) is 3.99. The van der Waals surface area contributed by atoms with Crippen molar-refractivity contribution in [2.24, 2.45) is 5.41 Å². The molecule has 1 aliphatic carbocycles. The van der Waals surface area contributed by atoms with Crippen LogP contribution < -0.4 is 5.32 Å². The molecule has 3 heteroatoms. The van der Waals surface area contributed by atoms with Gasteiger partial charge in [-0.3, -0.25) is 0 Å². The molecule has 0 heterocycles. The Morgan fingerprint density at radius 1 is 1.26 bits per heavy atom. The summed E-state index contributed by atoms with van der Waals surface area (Å²) < 4.78 is 11.4. The van der Waals surface area contributed by atoms with E-state index in [9.17, 15) is 0 Å². The average Bonchev–Trinajstić information content (AvgIpc) is 2.36. The standard InChI is InChI=1S/C16H33NO2/c1-5-18-12-6-11-17-13-14(2)19-15-7-9-16(3,4)10-8-15/h14-15,17H,5-13H2,1-4H3. The molecule has 1 unspecified atom stereocenters. The van der Waals surface area contributed by atoms with E-state index < -0.39 is 0 Å². The lowest BCUT2D eigenvalue weighted by atomic mass is 9.76. The first-order chi connectivity index (χ1) is 9.03. The molecular formula is C16H33NO2. The fourth-order valence-corrected chi connectivity index (χ4v) is 2.63. The molecule has 0 radical (unpaired) electrons. The van der Waals surface area contributed by atoms with Crippen LogP contribution in [0.15, 0.2) is 0 Å². The van der Waals surface area contributed by atoms with Crippen LogP contribution in [0.5, 0.6) is 0 Å². The highest BCUT2D eigenvalue weighted by atomic mass is 16.5. The number of ether oxygens (including phenoxy) is 2. The lowest BCUT2D eigenvalue weighted by Gasteiger charge is -2.35. The minimum absolute atomic E-state index is 0.318. The van der Waals surface area contributed by atoms with E-state index in [1.165, 1.54) is 25.7 Å². The highest BCUT2D eigenvalue weighted by molar-refractivity contribution is 4.79. The Bertz CT molecular complexity index is 221. The maximum absolute atomic E-state index is 6.12. The fourth-order valence-electron chi connectivity index (χ4n) is 2.63. The van der Waals surface area contributed by atoms with E-state index in [0.717, 1.165) is 32.7 Å². The molecule has 3 nitrogen and oxygen atoms in total. The summed E-state index contributed by atoms with van der Waals surface area (Å²) in [5.41, 5.74) is 0.528. The smallest absolute Gasteiger partial charge is 0.0675 e. The van der Waals surface area contributed by atoms with Crippen molar-refractivity contribution in [2.45, 2.75) is 72.0 Å². The van der Waals surface area contributed by atoms with Crippen LogP contribution in [0.3, 0.4) is 0 Å². The maximum Gasteiger partial charge on any atom is 0.0675 e. The summed E-state index contributed by atoms with van der Waals surface area (Å²) in [6, 6.07) is 0. The molecule has 1 atom stereocenters. The molecule has 0 aromatic heterocycles. The molecule has 0 spiro atoms. The first-order valence-electron chi connectivity index (χ1n) is 7.97. The highest BCUT2D eigenvalue weighted by Crippen LogP contribution is 2.36. The third kappa shape index (κ3) is 7.91. The molecule has 1 rings (SSSR count). The predicted molar refractivity (Wildman–Crippen MR) is 80.6 cm³/mol. The SMILES string of the molecule is CCOCCCNCC(C)OC1CCC(C)(C)CC1. The number of nitrogens with one attached hydrogen (secondary N) is 1. The van der Waals surface area contributed by atoms with Crippen molar-refractivity contribution in [1.29, 1.82) is 0 Å². The lowest BCUT2D eigenvalue weighted by Crippen LogP contribution is -2.34. The van der Waals surface area contributed by atoms with Gasteiger partial charge in [-0.15, -0.1) is 0 Å². The van der Waals surface area contributed by atoms with Crippen molar-refractivity contribution in [1.82, 2.24) is 5.32 Å². The van der Waals surface area contributed by atoms with Crippen LogP contribution in [0.2, 0.25) is 0 Å². The molecule has 0 bridgehead atoms. The number of rotatable bonds is 9. The van der Waals surface area contributed by atoms with Crippen LogP contribution in [0.4, 0.5) is 0 Å². The van der Waals surface area contributed by atoms with Gasteiger partial charge in [0.15, 0.2) is 0 Å². The largest absolute Gasteiger partial charge is 0.382 e. The summed E-state index contributed by atoms with van der Waals surface area (Å²) in [5, 5.41) is 3.44. The van der Waals surface area contributed by atoms with Gasteiger partial charge in [0, 0.05) is 19.8 Å². The van der Waals surface area contributed by atoms with Gasteiger partial charge in [0.25, 0.3) is 0 Å². The van der Waals surface area contributed by atoms with Crippen LogP contribution in [0.1, 0.15) is 59.8 Å². The van der Waals surface area contributed by atoms with Gasteiger partial charge in [-0.1, -0.05) is 13.8 Å². The molecule has 0 saturated heterocycles. The molecule has 1 saturated carbocycles. The first-order valence-corrected chi connectivity index (χ1v) is 7.97. The van der Waals surface area contributed by atoms with Gasteiger partial charge in [0.2, 0.25) is 0 Å². The topological polar surface area (TPSA) is 30.5 Å². The van der Waals surface area contributed by atoms with Gasteiger partial charge < -0.3 is 14.8 Å². The molecule has 114 valence electrons. The third-order valence-electron chi connectivity index (χ3n) is 3.99. The summed E-state index contributed by atoms with van der Waals surface area (Å²) in [6.45, 7) is 12.6. The van der Waals surface area contributed by atoms with Gasteiger partial charge in [-0.2, -0.15) is 0 Å². The van der Waals surface area contributed by atoms with Crippen LogP contribution in [0, 0.1) is 5.41 Å². The minimum Gasteiger partial charge on any atom is -0.382 e. The second-order valence-corrected chi connectivity index (χ2v) is 6.56. The summed E-state index contributed by atoms with van der Waals surface area (Å²) >= 11 is 0. The molecule has 1 aliphatic rings. The fraction of sp³-hybridized carbons (Fsp3) is 1.00. The Kier molecular flexibility index (Phi) is 7.96. The number of hydrogen-bond donors (Lipinski definition) is 1. The Labute approximate surface area is 119 Å². The summed E-state index contributed by atoms with van der Waals surface area (Å²) in [7, 11) is 0. The second kappa shape index (κ2) is 8.93. The molecule has 1 fully saturated rings. The molecule has 0 aromatic rings. The van der Waals surface area contributed by atoms with E-state index >= 15 is 0 Å². The zero-order valence-electron chi connectivity index (χ0n) is 13.3. The summed E-state index contributed by atoms with van der Waals surface area (Å²) in [6.07, 6.45) is 6.92. The van der Waals surface area contributed by atoms with E-state index in [1.807, 2.05) is 6.92 Å². The molecular weight excluding hydrogens is 238 g/mol. The molecule has 0 aliphatic heterocycles.